The van der Waals surface area contributed by atoms with Gasteiger partial charge in [0.05, 0.1) is 0 Å². The van der Waals surface area contributed by atoms with Crippen molar-refractivity contribution in [3.05, 3.63) is 35.4 Å². The smallest absolute Gasteiger partial charge is 0.0334 e. The SMILES string of the molecule is CCNC(CCN1CCCC(C)C1)c1ccccc1C. The second-order valence-corrected chi connectivity index (χ2v) is 6.30. The summed E-state index contributed by atoms with van der Waals surface area (Å²) in [6.07, 6.45) is 3.99. The van der Waals surface area contributed by atoms with Gasteiger partial charge in [-0.3, -0.25) is 0 Å². The molecule has 0 amide bonds. The predicted molar refractivity (Wildman–Crippen MR) is 87.1 cm³/mol. The number of likely N-dealkylation sites (tertiary alicyclic amines) is 1. The van der Waals surface area contributed by atoms with Crippen LogP contribution in [0.2, 0.25) is 0 Å². The van der Waals surface area contributed by atoms with E-state index in [0.29, 0.717) is 6.04 Å². The average molecular weight is 274 g/mol. The lowest BCUT2D eigenvalue weighted by Crippen LogP contribution is -2.36. The summed E-state index contributed by atoms with van der Waals surface area (Å²) in [5.74, 6) is 0.875. The molecule has 0 aromatic heterocycles. The van der Waals surface area contributed by atoms with Crippen LogP contribution in [0.1, 0.15) is 50.3 Å². The van der Waals surface area contributed by atoms with E-state index < -0.39 is 0 Å². The van der Waals surface area contributed by atoms with E-state index in [9.17, 15) is 0 Å². The highest BCUT2D eigenvalue weighted by molar-refractivity contribution is 5.28. The standard InChI is InChI=1S/C18H30N2/c1-4-19-18(17-10-6-5-9-16(17)3)11-13-20-12-7-8-15(2)14-20/h5-6,9-10,15,18-19H,4,7-8,11-14H2,1-3H3. The van der Waals surface area contributed by atoms with Gasteiger partial charge in [0.2, 0.25) is 0 Å². The molecule has 2 atom stereocenters. The van der Waals surface area contributed by atoms with Crippen molar-refractivity contribution >= 4 is 0 Å². The van der Waals surface area contributed by atoms with Crippen LogP contribution in [0.25, 0.3) is 0 Å². The Morgan fingerprint density at radius 3 is 2.85 bits per heavy atom. The number of piperidine rings is 1. The number of nitrogens with one attached hydrogen (secondary N) is 1. The number of rotatable bonds is 6. The third-order valence-corrected chi connectivity index (χ3v) is 4.49. The summed E-state index contributed by atoms with van der Waals surface area (Å²) in [6.45, 7) is 11.6. The van der Waals surface area contributed by atoms with Gasteiger partial charge in [-0.25, -0.2) is 0 Å². The highest BCUT2D eigenvalue weighted by Crippen LogP contribution is 2.22. The Kier molecular flexibility index (Phi) is 6.06. The molecule has 20 heavy (non-hydrogen) atoms. The lowest BCUT2D eigenvalue weighted by atomic mass is 9.96. The van der Waals surface area contributed by atoms with E-state index in [0.717, 1.165) is 12.5 Å². The fourth-order valence-electron chi connectivity index (χ4n) is 3.39. The lowest BCUT2D eigenvalue weighted by Gasteiger charge is -2.32. The van der Waals surface area contributed by atoms with E-state index in [1.165, 1.54) is 50.0 Å². The summed E-state index contributed by atoms with van der Waals surface area (Å²) >= 11 is 0. The molecule has 1 aromatic rings. The highest BCUT2D eigenvalue weighted by Gasteiger charge is 2.18. The van der Waals surface area contributed by atoms with Crippen LogP contribution in [0, 0.1) is 12.8 Å². The minimum atomic E-state index is 0.499. The van der Waals surface area contributed by atoms with Gasteiger partial charge >= 0.3 is 0 Å². The third-order valence-electron chi connectivity index (χ3n) is 4.49. The van der Waals surface area contributed by atoms with Crippen molar-refractivity contribution in [1.29, 1.82) is 0 Å². The molecule has 0 spiro atoms. The average Bonchev–Trinajstić information content (AvgIpc) is 2.44. The van der Waals surface area contributed by atoms with Gasteiger partial charge in [-0.1, -0.05) is 38.1 Å². The fraction of sp³-hybridized carbons (Fsp3) is 0.667. The summed E-state index contributed by atoms with van der Waals surface area (Å²) < 4.78 is 0. The molecule has 112 valence electrons. The van der Waals surface area contributed by atoms with Gasteiger partial charge in [0.1, 0.15) is 0 Å². The number of aryl methyl sites for hydroxylation is 1. The molecule has 1 aliphatic heterocycles. The van der Waals surface area contributed by atoms with Gasteiger partial charge in [0.15, 0.2) is 0 Å². The maximum absolute atomic E-state index is 3.66. The van der Waals surface area contributed by atoms with Crippen molar-refractivity contribution < 1.29 is 0 Å². The van der Waals surface area contributed by atoms with Crippen molar-refractivity contribution in [3.8, 4) is 0 Å². The molecular weight excluding hydrogens is 244 g/mol. The third kappa shape index (κ3) is 4.32. The van der Waals surface area contributed by atoms with Crippen LogP contribution in [-0.2, 0) is 0 Å². The largest absolute Gasteiger partial charge is 0.310 e. The van der Waals surface area contributed by atoms with Crippen LogP contribution >= 0.6 is 0 Å². The number of benzene rings is 1. The highest BCUT2D eigenvalue weighted by atomic mass is 15.1. The number of hydrogen-bond donors (Lipinski definition) is 1. The van der Waals surface area contributed by atoms with Gasteiger partial charge < -0.3 is 10.2 Å². The predicted octanol–water partition coefficient (Wildman–Crippen LogP) is 3.77. The first-order valence-electron chi connectivity index (χ1n) is 8.22. The normalized spacial score (nSPS) is 21.9. The molecule has 1 saturated heterocycles. The molecule has 0 aliphatic carbocycles. The van der Waals surface area contributed by atoms with E-state index in [-0.39, 0.29) is 0 Å². The molecule has 1 aromatic carbocycles. The second-order valence-electron chi connectivity index (χ2n) is 6.30. The molecular formula is C18H30N2. The molecule has 2 rings (SSSR count). The summed E-state index contributed by atoms with van der Waals surface area (Å²) in [5, 5.41) is 3.66. The van der Waals surface area contributed by atoms with Gasteiger partial charge in [0.25, 0.3) is 0 Å². The van der Waals surface area contributed by atoms with Crippen LogP contribution < -0.4 is 5.32 Å². The zero-order valence-electron chi connectivity index (χ0n) is 13.4. The molecule has 1 fully saturated rings. The van der Waals surface area contributed by atoms with E-state index in [2.05, 4.69) is 55.3 Å². The Bertz CT molecular complexity index is 402. The second kappa shape index (κ2) is 7.80. The van der Waals surface area contributed by atoms with Crippen molar-refractivity contribution in [2.45, 2.75) is 46.1 Å². The van der Waals surface area contributed by atoms with E-state index in [1.807, 2.05) is 0 Å². The van der Waals surface area contributed by atoms with Gasteiger partial charge in [-0.2, -0.15) is 0 Å². The van der Waals surface area contributed by atoms with Gasteiger partial charge in [-0.15, -0.1) is 0 Å². The summed E-state index contributed by atoms with van der Waals surface area (Å²) in [6, 6.07) is 9.30. The molecule has 0 bridgehead atoms. The first kappa shape index (κ1) is 15.5. The maximum atomic E-state index is 3.66. The zero-order chi connectivity index (χ0) is 14.4. The lowest BCUT2D eigenvalue weighted by molar-refractivity contribution is 0.176. The van der Waals surface area contributed by atoms with Crippen LogP contribution in [0.5, 0.6) is 0 Å². The Hall–Kier alpha value is -0.860. The summed E-state index contributed by atoms with van der Waals surface area (Å²) in [7, 11) is 0. The van der Waals surface area contributed by atoms with Crippen molar-refractivity contribution in [3.63, 3.8) is 0 Å². The maximum Gasteiger partial charge on any atom is 0.0334 e. The van der Waals surface area contributed by atoms with E-state index in [1.54, 1.807) is 0 Å². The first-order valence-corrected chi connectivity index (χ1v) is 8.22. The van der Waals surface area contributed by atoms with E-state index in [4.69, 9.17) is 0 Å². The summed E-state index contributed by atoms with van der Waals surface area (Å²) in [5.41, 5.74) is 2.88. The van der Waals surface area contributed by atoms with Crippen molar-refractivity contribution in [2.24, 2.45) is 5.92 Å². The Morgan fingerprint density at radius 1 is 1.35 bits per heavy atom. The fourth-order valence-corrected chi connectivity index (χ4v) is 3.39. The van der Waals surface area contributed by atoms with Crippen molar-refractivity contribution in [2.75, 3.05) is 26.2 Å². The molecule has 2 heteroatoms. The number of hydrogen-bond acceptors (Lipinski definition) is 2. The molecule has 1 aliphatic rings. The Labute approximate surface area is 124 Å². The van der Waals surface area contributed by atoms with Crippen LogP contribution in [0.15, 0.2) is 24.3 Å². The number of nitrogens with zero attached hydrogens (tertiary/aromatic N) is 1. The molecule has 2 nitrogen and oxygen atoms in total. The van der Waals surface area contributed by atoms with Crippen molar-refractivity contribution in [1.82, 2.24) is 10.2 Å². The molecule has 1 heterocycles. The van der Waals surface area contributed by atoms with Gasteiger partial charge in [0, 0.05) is 12.6 Å². The monoisotopic (exact) mass is 274 g/mol. The van der Waals surface area contributed by atoms with Crippen LogP contribution in [-0.4, -0.2) is 31.1 Å². The van der Waals surface area contributed by atoms with E-state index >= 15 is 0 Å². The molecule has 1 N–H and O–H groups in total. The Balaban J connectivity index is 1.94. The first-order chi connectivity index (χ1) is 9.70. The Morgan fingerprint density at radius 2 is 2.15 bits per heavy atom. The van der Waals surface area contributed by atoms with Gasteiger partial charge in [-0.05, 0) is 62.9 Å². The quantitative estimate of drug-likeness (QED) is 0.849. The molecule has 2 unspecified atom stereocenters. The topological polar surface area (TPSA) is 15.3 Å². The minimum absolute atomic E-state index is 0.499. The van der Waals surface area contributed by atoms with Crippen LogP contribution in [0.4, 0.5) is 0 Å². The molecule has 0 saturated carbocycles. The van der Waals surface area contributed by atoms with Crippen LogP contribution in [0.3, 0.4) is 0 Å². The minimum Gasteiger partial charge on any atom is -0.310 e. The summed E-state index contributed by atoms with van der Waals surface area (Å²) in [4.78, 5) is 2.65. The zero-order valence-corrected chi connectivity index (χ0v) is 13.4. The molecule has 0 radical (unpaired) electrons.